The van der Waals surface area contributed by atoms with Gasteiger partial charge in [-0.15, -0.1) is 0 Å². The number of benzene rings is 3. The molecule has 1 aliphatic rings. The van der Waals surface area contributed by atoms with Gasteiger partial charge in [-0.1, -0.05) is 6.07 Å². The number of aromatic carboxylic acids is 1. The van der Waals surface area contributed by atoms with Crippen LogP contribution in [-0.4, -0.2) is 50.7 Å². The Morgan fingerprint density at radius 3 is 2.24 bits per heavy atom. The minimum atomic E-state index is -3.86. The van der Waals surface area contributed by atoms with Gasteiger partial charge >= 0.3 is 5.97 Å². The van der Waals surface area contributed by atoms with E-state index in [0.717, 1.165) is 16.8 Å². The van der Waals surface area contributed by atoms with Crippen molar-refractivity contribution in [1.29, 1.82) is 0 Å². The number of pyridine rings is 1. The summed E-state index contributed by atoms with van der Waals surface area (Å²) in [4.78, 5) is 21.2. The molecule has 8 nitrogen and oxygen atoms in total. The highest BCUT2D eigenvalue weighted by molar-refractivity contribution is 7.92. The highest BCUT2D eigenvalue weighted by Crippen LogP contribution is 2.28. The molecule has 2 N–H and O–H groups in total. The van der Waals surface area contributed by atoms with E-state index in [9.17, 15) is 22.7 Å². The van der Waals surface area contributed by atoms with Crippen molar-refractivity contribution in [2.75, 3.05) is 40.7 Å². The van der Waals surface area contributed by atoms with Crippen LogP contribution in [0.15, 0.2) is 71.6 Å². The van der Waals surface area contributed by atoms with Crippen LogP contribution in [0, 0.1) is 19.7 Å². The minimum Gasteiger partial charge on any atom is -0.478 e. The molecular weight excluding hydrogens is 507 g/mol. The second-order valence-corrected chi connectivity index (χ2v) is 11.0. The first kappa shape index (κ1) is 25.5. The monoisotopic (exact) mass is 534 g/mol. The summed E-state index contributed by atoms with van der Waals surface area (Å²) in [5.41, 5.74) is 3.52. The van der Waals surface area contributed by atoms with E-state index in [4.69, 9.17) is 0 Å². The molecule has 10 heteroatoms. The maximum atomic E-state index is 13.3. The van der Waals surface area contributed by atoms with E-state index in [-0.39, 0.29) is 22.0 Å². The van der Waals surface area contributed by atoms with Crippen LogP contribution in [0.5, 0.6) is 0 Å². The Morgan fingerprint density at radius 1 is 0.895 bits per heavy atom. The van der Waals surface area contributed by atoms with Crippen molar-refractivity contribution in [3.63, 3.8) is 0 Å². The third-order valence-corrected chi connectivity index (χ3v) is 8.24. The maximum absolute atomic E-state index is 13.3. The molecule has 196 valence electrons. The van der Waals surface area contributed by atoms with Crippen LogP contribution in [0.4, 0.5) is 21.6 Å². The van der Waals surface area contributed by atoms with Crippen LogP contribution >= 0.6 is 0 Å². The SMILES string of the molecule is Cc1ccc(S(=O)(=O)Nc2ccc3nc(N4CCN(c5ccc(F)cc5)CC4)cc(C(=O)O)c3c2)cc1C. The highest BCUT2D eigenvalue weighted by atomic mass is 32.2. The molecule has 5 rings (SSSR count). The van der Waals surface area contributed by atoms with Crippen LogP contribution < -0.4 is 14.5 Å². The zero-order valence-corrected chi connectivity index (χ0v) is 21.8. The van der Waals surface area contributed by atoms with E-state index >= 15 is 0 Å². The van der Waals surface area contributed by atoms with Gasteiger partial charge in [0.25, 0.3) is 10.0 Å². The Hall–Kier alpha value is -4.18. The molecule has 0 saturated carbocycles. The molecule has 0 radical (unpaired) electrons. The van der Waals surface area contributed by atoms with E-state index in [0.29, 0.717) is 42.9 Å². The molecule has 1 fully saturated rings. The van der Waals surface area contributed by atoms with Gasteiger partial charge in [0.05, 0.1) is 16.0 Å². The third-order valence-electron chi connectivity index (χ3n) is 6.86. The van der Waals surface area contributed by atoms with E-state index in [1.807, 2.05) is 18.7 Å². The molecule has 0 bridgehead atoms. The predicted molar refractivity (Wildman–Crippen MR) is 146 cm³/mol. The Kier molecular flexibility index (Phi) is 6.66. The number of aromatic nitrogens is 1. The lowest BCUT2D eigenvalue weighted by Crippen LogP contribution is -2.46. The van der Waals surface area contributed by atoms with Crippen molar-refractivity contribution in [1.82, 2.24) is 4.98 Å². The summed E-state index contributed by atoms with van der Waals surface area (Å²) in [6, 6.07) is 17.5. The Morgan fingerprint density at radius 2 is 1.58 bits per heavy atom. The average molecular weight is 535 g/mol. The fourth-order valence-corrected chi connectivity index (χ4v) is 5.69. The number of halogens is 1. The van der Waals surface area contributed by atoms with Gasteiger partial charge in [0.15, 0.2) is 0 Å². The number of piperazine rings is 1. The van der Waals surface area contributed by atoms with Gasteiger partial charge < -0.3 is 14.9 Å². The zero-order valence-electron chi connectivity index (χ0n) is 21.0. The van der Waals surface area contributed by atoms with Gasteiger partial charge in [0.1, 0.15) is 11.6 Å². The molecular formula is C28H27FN4O4S. The number of aryl methyl sites for hydroxylation is 2. The summed E-state index contributed by atoms with van der Waals surface area (Å²) in [5, 5.41) is 10.3. The summed E-state index contributed by atoms with van der Waals surface area (Å²) < 4.78 is 41.7. The second kappa shape index (κ2) is 9.94. The van der Waals surface area contributed by atoms with Crippen molar-refractivity contribution in [3.05, 3.63) is 89.2 Å². The largest absolute Gasteiger partial charge is 0.478 e. The lowest BCUT2D eigenvalue weighted by atomic mass is 10.1. The number of carboxylic acid groups (broad SMARTS) is 1. The summed E-state index contributed by atoms with van der Waals surface area (Å²) in [6.07, 6.45) is 0. The molecule has 0 amide bonds. The smallest absolute Gasteiger partial charge is 0.336 e. The van der Waals surface area contributed by atoms with Crippen molar-refractivity contribution in [2.45, 2.75) is 18.7 Å². The lowest BCUT2D eigenvalue weighted by Gasteiger charge is -2.37. The lowest BCUT2D eigenvalue weighted by molar-refractivity contribution is 0.0699. The van der Waals surface area contributed by atoms with Crippen LogP contribution in [-0.2, 0) is 10.0 Å². The number of hydrogen-bond acceptors (Lipinski definition) is 6. The number of nitrogens with zero attached hydrogens (tertiary/aromatic N) is 3. The topological polar surface area (TPSA) is 103 Å². The summed E-state index contributed by atoms with van der Waals surface area (Å²) in [5.74, 6) is -0.870. The van der Waals surface area contributed by atoms with Gasteiger partial charge in [-0.2, -0.15) is 0 Å². The first-order chi connectivity index (χ1) is 18.1. The van der Waals surface area contributed by atoms with Crippen LogP contribution in [0.2, 0.25) is 0 Å². The third kappa shape index (κ3) is 5.12. The van der Waals surface area contributed by atoms with Crippen molar-refractivity contribution >= 4 is 44.1 Å². The Bertz CT molecular complexity index is 1630. The number of rotatable bonds is 6. The van der Waals surface area contributed by atoms with Crippen molar-refractivity contribution < 1.29 is 22.7 Å². The van der Waals surface area contributed by atoms with Crippen molar-refractivity contribution in [2.24, 2.45) is 0 Å². The number of hydrogen-bond donors (Lipinski definition) is 2. The summed E-state index contributed by atoms with van der Waals surface area (Å²) >= 11 is 0. The van der Waals surface area contributed by atoms with Crippen LogP contribution in [0.3, 0.4) is 0 Å². The van der Waals surface area contributed by atoms with E-state index in [1.54, 1.807) is 36.4 Å². The van der Waals surface area contributed by atoms with E-state index < -0.39 is 16.0 Å². The number of carboxylic acids is 1. The molecule has 1 aromatic heterocycles. The molecule has 0 atom stereocenters. The quantitative estimate of drug-likeness (QED) is 0.366. The van der Waals surface area contributed by atoms with Crippen LogP contribution in [0.1, 0.15) is 21.5 Å². The first-order valence-corrected chi connectivity index (χ1v) is 13.6. The van der Waals surface area contributed by atoms with E-state index in [1.165, 1.54) is 30.3 Å². The Balaban J connectivity index is 1.40. The van der Waals surface area contributed by atoms with E-state index in [2.05, 4.69) is 14.6 Å². The predicted octanol–water partition coefficient (Wildman–Crippen LogP) is 4.82. The maximum Gasteiger partial charge on any atom is 0.336 e. The second-order valence-electron chi connectivity index (χ2n) is 9.37. The fourth-order valence-electron chi connectivity index (χ4n) is 4.56. The van der Waals surface area contributed by atoms with Gasteiger partial charge in [-0.05, 0) is 85.6 Å². The number of sulfonamides is 1. The normalized spacial score (nSPS) is 14.1. The highest BCUT2D eigenvalue weighted by Gasteiger charge is 2.22. The molecule has 38 heavy (non-hydrogen) atoms. The number of fused-ring (bicyclic) bond motifs is 1. The molecule has 3 aromatic carbocycles. The molecule has 1 saturated heterocycles. The molecule has 4 aromatic rings. The number of anilines is 3. The molecule has 2 heterocycles. The molecule has 0 aliphatic carbocycles. The summed E-state index contributed by atoms with van der Waals surface area (Å²) in [7, 11) is -3.86. The Labute approximate surface area is 220 Å². The first-order valence-electron chi connectivity index (χ1n) is 12.1. The molecule has 1 aliphatic heterocycles. The van der Waals surface area contributed by atoms with Gasteiger partial charge in [0.2, 0.25) is 0 Å². The number of nitrogens with one attached hydrogen (secondary N) is 1. The fraction of sp³-hybridized carbons (Fsp3) is 0.214. The zero-order chi connectivity index (χ0) is 27.0. The van der Waals surface area contributed by atoms with Crippen LogP contribution in [0.25, 0.3) is 10.9 Å². The number of carbonyl (C=O) groups is 1. The summed E-state index contributed by atoms with van der Waals surface area (Å²) in [6.45, 7) is 6.32. The molecule has 0 spiro atoms. The van der Waals surface area contributed by atoms with Gasteiger partial charge in [-0.25, -0.2) is 22.6 Å². The average Bonchev–Trinajstić information content (AvgIpc) is 2.90. The standard InChI is InChI=1S/C28H27FN4O4S/c1-18-3-9-23(15-19(18)2)38(36,37)31-21-6-10-26-24(16-21)25(28(34)35)17-27(30-26)33-13-11-32(12-14-33)22-7-4-20(29)5-8-22/h3-10,15-17,31H,11-14H2,1-2H3,(H,34,35). The van der Waals surface area contributed by atoms with Gasteiger partial charge in [-0.3, -0.25) is 4.72 Å². The minimum absolute atomic E-state index is 0.0400. The molecule has 0 unspecified atom stereocenters. The van der Waals surface area contributed by atoms with Gasteiger partial charge in [0, 0.05) is 42.9 Å². The van der Waals surface area contributed by atoms with Crippen molar-refractivity contribution in [3.8, 4) is 0 Å².